The molecule has 2 aromatic carbocycles. The van der Waals surface area contributed by atoms with Crippen molar-refractivity contribution in [1.29, 1.82) is 0 Å². The summed E-state index contributed by atoms with van der Waals surface area (Å²) in [5.41, 5.74) is 2.44. The highest BCUT2D eigenvalue weighted by Crippen LogP contribution is 2.32. The van der Waals surface area contributed by atoms with Gasteiger partial charge in [0.15, 0.2) is 16.7 Å². The molecule has 4 aromatic rings. The van der Waals surface area contributed by atoms with Crippen LogP contribution in [-0.4, -0.2) is 35.4 Å². The predicted octanol–water partition coefficient (Wildman–Crippen LogP) is 4.57. The molecule has 9 heteroatoms. The van der Waals surface area contributed by atoms with Crippen molar-refractivity contribution in [3.8, 4) is 21.9 Å². The van der Waals surface area contributed by atoms with Crippen LogP contribution in [0.5, 0.6) is 11.5 Å². The van der Waals surface area contributed by atoms with E-state index in [1.54, 1.807) is 24.9 Å². The van der Waals surface area contributed by atoms with E-state index in [0.29, 0.717) is 40.0 Å². The molecule has 0 saturated heterocycles. The third-order valence-corrected chi connectivity index (χ3v) is 7.40. The van der Waals surface area contributed by atoms with E-state index in [-0.39, 0.29) is 17.2 Å². The maximum absolute atomic E-state index is 13.1. The Labute approximate surface area is 205 Å². The van der Waals surface area contributed by atoms with Crippen LogP contribution in [-0.2, 0) is 17.9 Å². The van der Waals surface area contributed by atoms with Gasteiger partial charge in [0.1, 0.15) is 4.70 Å². The summed E-state index contributed by atoms with van der Waals surface area (Å²) in [6, 6.07) is 17.4. The number of thiophene rings is 1. The van der Waals surface area contributed by atoms with Gasteiger partial charge in [-0.2, -0.15) is 0 Å². The lowest BCUT2D eigenvalue weighted by Gasteiger charge is -2.13. The maximum atomic E-state index is 13.1. The number of methoxy groups -OCH3 is 2. The van der Waals surface area contributed by atoms with Crippen LogP contribution in [0.25, 0.3) is 20.7 Å². The minimum absolute atomic E-state index is 0.0799. The smallest absolute Gasteiger partial charge is 0.272 e. The van der Waals surface area contributed by atoms with Crippen molar-refractivity contribution < 1.29 is 14.3 Å². The average Bonchev–Trinajstić information content (AvgIpc) is 3.31. The molecule has 2 heterocycles. The number of hydrogen-bond acceptors (Lipinski definition) is 7. The van der Waals surface area contributed by atoms with E-state index in [0.717, 1.165) is 16.0 Å². The number of fused-ring (bicyclic) bond motifs is 1. The summed E-state index contributed by atoms with van der Waals surface area (Å²) in [5, 5.41) is 3.44. The zero-order valence-electron chi connectivity index (χ0n) is 19.2. The van der Waals surface area contributed by atoms with Gasteiger partial charge in [0.2, 0.25) is 5.91 Å². The molecule has 0 spiro atoms. The molecule has 0 aliphatic rings. The molecule has 0 atom stereocenters. The normalized spacial score (nSPS) is 10.9. The van der Waals surface area contributed by atoms with Crippen LogP contribution < -0.4 is 20.3 Å². The van der Waals surface area contributed by atoms with E-state index in [1.165, 1.54) is 23.1 Å². The molecule has 0 aliphatic carbocycles. The summed E-state index contributed by atoms with van der Waals surface area (Å²) in [6.07, 6.45) is 0. The Morgan fingerprint density at radius 2 is 1.91 bits per heavy atom. The summed E-state index contributed by atoms with van der Waals surface area (Å²) in [7, 11) is 3.14. The Kier molecular flexibility index (Phi) is 7.54. The molecular weight excluding hydrogens is 470 g/mol. The first-order valence-electron chi connectivity index (χ1n) is 10.7. The van der Waals surface area contributed by atoms with E-state index < -0.39 is 0 Å². The van der Waals surface area contributed by atoms with Gasteiger partial charge < -0.3 is 14.8 Å². The van der Waals surface area contributed by atoms with Crippen LogP contribution in [0.3, 0.4) is 0 Å². The zero-order valence-corrected chi connectivity index (χ0v) is 20.8. The summed E-state index contributed by atoms with van der Waals surface area (Å²) in [5.74, 6) is 1.18. The molecule has 0 aliphatic heterocycles. The van der Waals surface area contributed by atoms with Crippen molar-refractivity contribution in [3.63, 3.8) is 0 Å². The van der Waals surface area contributed by atoms with Crippen molar-refractivity contribution >= 4 is 39.2 Å². The number of para-hydroxylation sites is 1. The molecule has 7 nitrogen and oxygen atoms in total. The molecule has 34 heavy (non-hydrogen) atoms. The van der Waals surface area contributed by atoms with Gasteiger partial charge in [-0.15, -0.1) is 11.3 Å². The molecule has 176 valence electrons. The molecule has 1 amide bonds. The molecule has 4 rings (SSSR count). The van der Waals surface area contributed by atoms with Crippen LogP contribution in [0.1, 0.15) is 12.5 Å². The number of amides is 1. The van der Waals surface area contributed by atoms with Gasteiger partial charge in [0.25, 0.3) is 5.56 Å². The third-order valence-electron chi connectivity index (χ3n) is 5.27. The monoisotopic (exact) mass is 495 g/mol. The summed E-state index contributed by atoms with van der Waals surface area (Å²) >= 11 is 2.70. The number of ether oxygens (including phenoxy) is 2. The average molecular weight is 496 g/mol. The number of nitrogens with one attached hydrogen (secondary N) is 1. The van der Waals surface area contributed by atoms with Crippen molar-refractivity contribution in [1.82, 2.24) is 14.9 Å². The van der Waals surface area contributed by atoms with E-state index in [4.69, 9.17) is 14.5 Å². The first-order valence-corrected chi connectivity index (χ1v) is 12.5. The molecule has 2 aromatic heterocycles. The lowest BCUT2D eigenvalue weighted by Crippen LogP contribution is -2.26. The largest absolute Gasteiger partial charge is 0.493 e. The number of benzene rings is 2. The molecule has 0 saturated carbocycles. The molecular formula is C25H25N3O4S2. The standard InChI is InChI=1S/C25H25N3O4S2/c1-4-28-24(30)23-18(13-20(34-23)16-9-6-5-7-10-16)27-25(28)33-15-21(29)26-14-17-11-8-12-19(31-2)22(17)32-3/h5-13H,4,14-15H2,1-3H3,(H,26,29). The number of carbonyl (C=O) groups is 1. The van der Waals surface area contributed by atoms with Crippen molar-refractivity contribution in [3.05, 3.63) is 70.5 Å². The number of nitrogens with zero attached hydrogens (tertiary/aromatic N) is 2. The highest BCUT2D eigenvalue weighted by Gasteiger charge is 2.16. The number of rotatable bonds is 9. The summed E-state index contributed by atoms with van der Waals surface area (Å²) < 4.78 is 13.0. The van der Waals surface area contributed by atoms with Crippen LogP contribution in [0, 0.1) is 0 Å². The van der Waals surface area contributed by atoms with Gasteiger partial charge >= 0.3 is 0 Å². The third kappa shape index (κ3) is 4.95. The Hall–Kier alpha value is -3.30. The van der Waals surface area contributed by atoms with Crippen LogP contribution in [0.2, 0.25) is 0 Å². The van der Waals surface area contributed by atoms with Crippen molar-refractivity contribution in [2.24, 2.45) is 0 Å². The molecule has 0 unspecified atom stereocenters. The topological polar surface area (TPSA) is 82.5 Å². The first kappa shape index (κ1) is 23.8. The predicted molar refractivity (Wildman–Crippen MR) is 137 cm³/mol. The second-order valence-electron chi connectivity index (χ2n) is 7.35. The SMILES string of the molecule is CCn1c(SCC(=O)NCc2cccc(OC)c2OC)nc2cc(-c3ccccc3)sc2c1=O. The van der Waals surface area contributed by atoms with Gasteiger partial charge in [-0.1, -0.05) is 54.2 Å². The van der Waals surface area contributed by atoms with E-state index in [9.17, 15) is 9.59 Å². The van der Waals surface area contributed by atoms with Crippen molar-refractivity contribution in [2.75, 3.05) is 20.0 Å². The Morgan fingerprint density at radius 1 is 1.12 bits per heavy atom. The second kappa shape index (κ2) is 10.8. The molecule has 0 radical (unpaired) electrons. The van der Waals surface area contributed by atoms with Crippen LogP contribution in [0.15, 0.2) is 64.5 Å². The van der Waals surface area contributed by atoms with Crippen LogP contribution in [0.4, 0.5) is 0 Å². The van der Waals surface area contributed by atoms with Crippen molar-refractivity contribution in [2.45, 2.75) is 25.2 Å². The summed E-state index contributed by atoms with van der Waals surface area (Å²) in [4.78, 5) is 31.4. The lowest BCUT2D eigenvalue weighted by atomic mass is 10.2. The Bertz CT molecular complexity index is 1370. The fourth-order valence-corrected chi connectivity index (χ4v) is 5.54. The van der Waals surface area contributed by atoms with E-state index in [1.807, 2.05) is 55.5 Å². The maximum Gasteiger partial charge on any atom is 0.272 e. The van der Waals surface area contributed by atoms with Gasteiger partial charge in [0, 0.05) is 23.5 Å². The molecule has 0 bridgehead atoms. The van der Waals surface area contributed by atoms with Gasteiger partial charge in [-0.25, -0.2) is 4.98 Å². The van der Waals surface area contributed by atoms with Gasteiger partial charge in [0.05, 0.1) is 25.5 Å². The van der Waals surface area contributed by atoms with Crippen LogP contribution >= 0.6 is 23.1 Å². The highest BCUT2D eigenvalue weighted by atomic mass is 32.2. The van der Waals surface area contributed by atoms with Gasteiger partial charge in [-0.05, 0) is 24.6 Å². The second-order valence-corrected chi connectivity index (χ2v) is 9.35. The highest BCUT2D eigenvalue weighted by molar-refractivity contribution is 7.99. The zero-order chi connectivity index (χ0) is 24.1. The van der Waals surface area contributed by atoms with E-state index in [2.05, 4.69) is 5.32 Å². The molecule has 0 fully saturated rings. The number of aromatic nitrogens is 2. The fraction of sp³-hybridized carbons (Fsp3) is 0.240. The van der Waals surface area contributed by atoms with E-state index >= 15 is 0 Å². The molecule has 1 N–H and O–H groups in total. The Balaban J connectivity index is 1.50. The quantitative estimate of drug-likeness (QED) is 0.271. The lowest BCUT2D eigenvalue weighted by molar-refractivity contribution is -0.118. The first-order chi connectivity index (χ1) is 16.5. The number of hydrogen-bond donors (Lipinski definition) is 1. The summed E-state index contributed by atoms with van der Waals surface area (Å²) in [6.45, 7) is 2.68. The number of thioether (sulfide) groups is 1. The fourth-order valence-electron chi connectivity index (χ4n) is 3.59. The number of carbonyl (C=O) groups excluding carboxylic acids is 1. The minimum atomic E-state index is -0.165. The van der Waals surface area contributed by atoms with Gasteiger partial charge in [-0.3, -0.25) is 14.2 Å². The minimum Gasteiger partial charge on any atom is -0.493 e. The Morgan fingerprint density at radius 3 is 2.62 bits per heavy atom.